The largest absolute Gasteiger partial charge is 0.491 e. The molecule has 0 radical (unpaired) electrons. The zero-order valence-corrected chi connectivity index (χ0v) is 14.9. The maximum atomic E-state index is 5.81. The van der Waals surface area contributed by atoms with Crippen molar-refractivity contribution < 1.29 is 9.47 Å². The second-order valence-corrected chi connectivity index (χ2v) is 5.51. The van der Waals surface area contributed by atoms with Crippen LogP contribution in [0.15, 0.2) is 23.2 Å². The third-order valence-corrected chi connectivity index (χ3v) is 3.51. The van der Waals surface area contributed by atoms with Crippen LogP contribution in [-0.4, -0.2) is 39.9 Å². The van der Waals surface area contributed by atoms with Gasteiger partial charge < -0.3 is 20.1 Å². The first-order chi connectivity index (χ1) is 11.2. The number of unbranched alkanes of at least 4 members (excludes halogenated alkanes) is 2. The van der Waals surface area contributed by atoms with Gasteiger partial charge in [0.25, 0.3) is 0 Å². The van der Waals surface area contributed by atoms with Gasteiger partial charge in [-0.25, -0.2) is 0 Å². The Labute approximate surface area is 140 Å². The number of nitrogens with zero attached hydrogens (tertiary/aromatic N) is 1. The molecule has 0 aliphatic carbocycles. The lowest BCUT2D eigenvalue weighted by atomic mass is 10.1. The highest BCUT2D eigenvalue weighted by molar-refractivity contribution is 5.79. The molecule has 0 unspecified atom stereocenters. The van der Waals surface area contributed by atoms with Gasteiger partial charge in [-0.2, -0.15) is 0 Å². The SMILES string of the molecule is CCCCCNC(=NC)NCc1ccc(C)cc1OCCOC. The Morgan fingerprint density at radius 1 is 1.17 bits per heavy atom. The first-order valence-electron chi connectivity index (χ1n) is 8.37. The van der Waals surface area contributed by atoms with Crippen molar-refractivity contribution in [2.45, 2.75) is 39.7 Å². The van der Waals surface area contributed by atoms with Crippen LogP contribution in [0.1, 0.15) is 37.3 Å². The van der Waals surface area contributed by atoms with Gasteiger partial charge in [-0.15, -0.1) is 0 Å². The molecule has 23 heavy (non-hydrogen) atoms. The highest BCUT2D eigenvalue weighted by Crippen LogP contribution is 2.20. The van der Waals surface area contributed by atoms with Gasteiger partial charge in [-0.05, 0) is 25.0 Å². The Morgan fingerprint density at radius 2 is 2.00 bits per heavy atom. The molecule has 1 aromatic carbocycles. The molecule has 0 bridgehead atoms. The number of aliphatic imine (C=N–C) groups is 1. The van der Waals surface area contributed by atoms with Crippen LogP contribution in [0.25, 0.3) is 0 Å². The lowest BCUT2D eigenvalue weighted by molar-refractivity contribution is 0.145. The van der Waals surface area contributed by atoms with Gasteiger partial charge in [0.15, 0.2) is 5.96 Å². The van der Waals surface area contributed by atoms with E-state index in [2.05, 4.69) is 47.7 Å². The summed E-state index contributed by atoms with van der Waals surface area (Å²) in [5.74, 6) is 1.72. The molecule has 0 aliphatic rings. The van der Waals surface area contributed by atoms with E-state index in [0.29, 0.717) is 19.8 Å². The first kappa shape index (κ1) is 19.3. The van der Waals surface area contributed by atoms with Gasteiger partial charge >= 0.3 is 0 Å². The van der Waals surface area contributed by atoms with E-state index in [4.69, 9.17) is 9.47 Å². The summed E-state index contributed by atoms with van der Waals surface area (Å²) in [4.78, 5) is 4.26. The van der Waals surface area contributed by atoms with Crippen LogP contribution in [-0.2, 0) is 11.3 Å². The topological polar surface area (TPSA) is 54.9 Å². The van der Waals surface area contributed by atoms with Crippen molar-refractivity contribution in [3.05, 3.63) is 29.3 Å². The normalized spacial score (nSPS) is 11.4. The zero-order valence-electron chi connectivity index (χ0n) is 14.9. The van der Waals surface area contributed by atoms with Crippen LogP contribution in [0.2, 0.25) is 0 Å². The van der Waals surface area contributed by atoms with Crippen molar-refractivity contribution in [2.75, 3.05) is 33.9 Å². The predicted molar refractivity (Wildman–Crippen MR) is 96.3 cm³/mol. The molecule has 5 heteroatoms. The standard InChI is InChI=1S/C18H31N3O2/c1-5-6-7-10-20-18(19-3)21-14-16-9-8-15(2)13-17(16)23-12-11-22-4/h8-9,13H,5-7,10-12,14H2,1-4H3,(H2,19,20,21). The number of hydrogen-bond acceptors (Lipinski definition) is 3. The van der Waals surface area contributed by atoms with Crippen LogP contribution < -0.4 is 15.4 Å². The number of hydrogen-bond donors (Lipinski definition) is 2. The van der Waals surface area contributed by atoms with Gasteiger partial charge in [0, 0.05) is 32.8 Å². The fourth-order valence-corrected chi connectivity index (χ4v) is 2.16. The number of aryl methyl sites for hydroxylation is 1. The van der Waals surface area contributed by atoms with Crippen LogP contribution in [0.4, 0.5) is 0 Å². The molecule has 0 saturated heterocycles. The third-order valence-electron chi connectivity index (χ3n) is 3.51. The van der Waals surface area contributed by atoms with Crippen molar-refractivity contribution in [1.29, 1.82) is 0 Å². The quantitative estimate of drug-likeness (QED) is 0.395. The number of nitrogens with one attached hydrogen (secondary N) is 2. The van der Waals surface area contributed by atoms with E-state index in [1.807, 2.05) is 0 Å². The van der Waals surface area contributed by atoms with Crippen LogP contribution in [0.5, 0.6) is 5.75 Å². The highest BCUT2D eigenvalue weighted by atomic mass is 16.5. The van der Waals surface area contributed by atoms with E-state index in [1.54, 1.807) is 14.2 Å². The molecule has 2 N–H and O–H groups in total. The van der Waals surface area contributed by atoms with E-state index in [0.717, 1.165) is 30.2 Å². The summed E-state index contributed by atoms with van der Waals surface area (Å²) in [5.41, 5.74) is 2.30. The van der Waals surface area contributed by atoms with Crippen molar-refractivity contribution in [2.24, 2.45) is 4.99 Å². The highest BCUT2D eigenvalue weighted by Gasteiger charge is 2.06. The smallest absolute Gasteiger partial charge is 0.191 e. The molecule has 5 nitrogen and oxygen atoms in total. The van der Waals surface area contributed by atoms with Crippen LogP contribution >= 0.6 is 0 Å². The molecule has 0 spiro atoms. The fraction of sp³-hybridized carbons (Fsp3) is 0.611. The van der Waals surface area contributed by atoms with E-state index >= 15 is 0 Å². The Kier molecular flexibility index (Phi) is 9.87. The number of rotatable bonds is 10. The number of benzene rings is 1. The molecule has 0 heterocycles. The molecular weight excluding hydrogens is 290 g/mol. The maximum Gasteiger partial charge on any atom is 0.191 e. The average Bonchev–Trinajstić information content (AvgIpc) is 2.56. The van der Waals surface area contributed by atoms with Gasteiger partial charge in [0.05, 0.1) is 6.61 Å². The summed E-state index contributed by atoms with van der Waals surface area (Å²) < 4.78 is 10.9. The Morgan fingerprint density at radius 3 is 2.70 bits per heavy atom. The number of methoxy groups -OCH3 is 1. The van der Waals surface area contributed by atoms with Crippen LogP contribution in [0.3, 0.4) is 0 Å². The lowest BCUT2D eigenvalue weighted by Crippen LogP contribution is -2.37. The molecule has 130 valence electrons. The second-order valence-electron chi connectivity index (χ2n) is 5.51. The molecule has 0 amide bonds. The molecular formula is C18H31N3O2. The average molecular weight is 321 g/mol. The Bertz CT molecular complexity index is 475. The van der Waals surface area contributed by atoms with Gasteiger partial charge in [0.2, 0.25) is 0 Å². The third kappa shape index (κ3) is 7.88. The lowest BCUT2D eigenvalue weighted by Gasteiger charge is -2.15. The monoisotopic (exact) mass is 321 g/mol. The first-order valence-corrected chi connectivity index (χ1v) is 8.37. The van der Waals surface area contributed by atoms with Gasteiger partial charge in [-0.1, -0.05) is 31.9 Å². The summed E-state index contributed by atoms with van der Waals surface area (Å²) in [6, 6.07) is 6.25. The van der Waals surface area contributed by atoms with E-state index in [9.17, 15) is 0 Å². The molecule has 0 aliphatic heterocycles. The van der Waals surface area contributed by atoms with E-state index in [1.165, 1.54) is 18.4 Å². The molecule has 0 atom stereocenters. The summed E-state index contributed by atoms with van der Waals surface area (Å²) in [6.45, 7) is 7.03. The molecule has 1 rings (SSSR count). The fourth-order valence-electron chi connectivity index (χ4n) is 2.16. The zero-order chi connectivity index (χ0) is 16.9. The van der Waals surface area contributed by atoms with E-state index in [-0.39, 0.29) is 0 Å². The maximum absolute atomic E-state index is 5.81. The summed E-state index contributed by atoms with van der Waals surface area (Å²) in [7, 11) is 3.47. The minimum absolute atomic E-state index is 0.553. The van der Waals surface area contributed by atoms with Crippen molar-refractivity contribution in [3.8, 4) is 5.75 Å². The second kappa shape index (κ2) is 11.8. The van der Waals surface area contributed by atoms with Gasteiger partial charge in [-0.3, -0.25) is 4.99 Å². The minimum Gasteiger partial charge on any atom is -0.491 e. The number of ether oxygens (including phenoxy) is 2. The van der Waals surface area contributed by atoms with E-state index < -0.39 is 0 Å². The molecule has 1 aromatic rings. The van der Waals surface area contributed by atoms with Crippen molar-refractivity contribution in [3.63, 3.8) is 0 Å². The Hall–Kier alpha value is -1.75. The minimum atomic E-state index is 0.553. The summed E-state index contributed by atoms with van der Waals surface area (Å²) in [6.07, 6.45) is 3.62. The molecule has 0 saturated carbocycles. The summed E-state index contributed by atoms with van der Waals surface area (Å²) >= 11 is 0. The predicted octanol–water partition coefficient (Wildman–Crippen LogP) is 2.88. The van der Waals surface area contributed by atoms with Crippen molar-refractivity contribution in [1.82, 2.24) is 10.6 Å². The summed E-state index contributed by atoms with van der Waals surface area (Å²) in [5, 5.41) is 6.68. The van der Waals surface area contributed by atoms with Gasteiger partial charge in [0.1, 0.15) is 12.4 Å². The molecule has 0 fully saturated rings. The van der Waals surface area contributed by atoms with Crippen molar-refractivity contribution >= 4 is 5.96 Å². The Balaban J connectivity index is 2.54. The number of guanidine groups is 1. The van der Waals surface area contributed by atoms with Crippen LogP contribution in [0, 0.1) is 6.92 Å². The molecule has 0 aromatic heterocycles.